The molecule has 96 valence electrons. The summed E-state index contributed by atoms with van der Waals surface area (Å²) >= 11 is 0. The number of hydrogen-bond donors (Lipinski definition) is 2. The van der Waals surface area contributed by atoms with E-state index in [1.54, 1.807) is 38.9 Å². The molecule has 1 amide bonds. The van der Waals surface area contributed by atoms with Crippen LogP contribution in [0.1, 0.15) is 27.2 Å². The Kier molecular flexibility index (Phi) is 3.65. The second-order valence-corrected chi connectivity index (χ2v) is 5.00. The standard InChI is InChI=1S/C11H18N2O4/c1-11(2,3)17-10(16)12-7-5-8(9(14)15)13(4)6-7/h6,8H,5H2,1-4H3,(H,12,16)(H,14,15). The minimum absolute atomic E-state index is 0.269. The third-order valence-electron chi connectivity index (χ3n) is 2.21. The van der Waals surface area contributed by atoms with Crippen LogP contribution in [0.2, 0.25) is 0 Å². The molecule has 0 bridgehead atoms. The fourth-order valence-corrected chi connectivity index (χ4v) is 1.52. The van der Waals surface area contributed by atoms with Crippen LogP contribution in [-0.2, 0) is 9.53 Å². The van der Waals surface area contributed by atoms with Gasteiger partial charge in [0.15, 0.2) is 0 Å². The van der Waals surface area contributed by atoms with Gasteiger partial charge in [-0.15, -0.1) is 0 Å². The van der Waals surface area contributed by atoms with Crippen LogP contribution in [0.4, 0.5) is 4.79 Å². The summed E-state index contributed by atoms with van der Waals surface area (Å²) in [5, 5.41) is 11.4. The van der Waals surface area contributed by atoms with E-state index >= 15 is 0 Å². The number of ether oxygens (including phenoxy) is 1. The van der Waals surface area contributed by atoms with E-state index in [0.29, 0.717) is 5.70 Å². The molecule has 0 fully saturated rings. The Bertz CT molecular complexity index is 357. The van der Waals surface area contributed by atoms with Gasteiger partial charge in [0.25, 0.3) is 0 Å². The first kappa shape index (κ1) is 13.3. The van der Waals surface area contributed by atoms with E-state index in [0.717, 1.165) is 0 Å². The summed E-state index contributed by atoms with van der Waals surface area (Å²) in [4.78, 5) is 23.9. The van der Waals surface area contributed by atoms with Crippen molar-refractivity contribution in [2.24, 2.45) is 0 Å². The Morgan fingerprint density at radius 1 is 1.53 bits per heavy atom. The third-order valence-corrected chi connectivity index (χ3v) is 2.21. The number of amides is 1. The number of alkyl carbamates (subject to hydrolysis) is 1. The number of carbonyl (C=O) groups is 2. The highest BCUT2D eigenvalue weighted by molar-refractivity contribution is 5.76. The number of likely N-dealkylation sites (N-methyl/N-ethyl adjacent to an activating group) is 1. The lowest BCUT2D eigenvalue weighted by Crippen LogP contribution is -2.33. The molecule has 0 saturated carbocycles. The number of aliphatic carboxylic acids is 1. The van der Waals surface area contributed by atoms with Gasteiger partial charge < -0.3 is 14.7 Å². The monoisotopic (exact) mass is 242 g/mol. The van der Waals surface area contributed by atoms with Crippen LogP contribution >= 0.6 is 0 Å². The molecule has 1 rings (SSSR count). The third kappa shape index (κ3) is 3.97. The second kappa shape index (κ2) is 4.65. The van der Waals surface area contributed by atoms with Gasteiger partial charge in [-0.25, -0.2) is 9.59 Å². The molecular weight excluding hydrogens is 224 g/mol. The van der Waals surface area contributed by atoms with E-state index in [4.69, 9.17) is 9.84 Å². The normalized spacial score (nSPS) is 19.9. The highest BCUT2D eigenvalue weighted by Gasteiger charge is 2.29. The van der Waals surface area contributed by atoms with Crippen LogP contribution in [0.25, 0.3) is 0 Å². The van der Waals surface area contributed by atoms with E-state index in [1.165, 1.54) is 0 Å². The van der Waals surface area contributed by atoms with Crippen LogP contribution in [-0.4, -0.2) is 40.8 Å². The van der Waals surface area contributed by atoms with Crippen molar-refractivity contribution < 1.29 is 19.4 Å². The number of carbonyl (C=O) groups excluding carboxylic acids is 1. The molecule has 0 radical (unpaired) electrons. The van der Waals surface area contributed by atoms with Crippen molar-refractivity contribution >= 4 is 12.1 Å². The maximum absolute atomic E-state index is 11.5. The smallest absolute Gasteiger partial charge is 0.411 e. The number of nitrogens with zero attached hydrogens (tertiary/aromatic N) is 1. The van der Waals surface area contributed by atoms with Gasteiger partial charge in [0, 0.05) is 25.4 Å². The quantitative estimate of drug-likeness (QED) is 0.759. The fourth-order valence-electron chi connectivity index (χ4n) is 1.52. The first-order valence-electron chi connectivity index (χ1n) is 5.34. The van der Waals surface area contributed by atoms with Crippen LogP contribution in [0.15, 0.2) is 11.9 Å². The first-order chi connectivity index (χ1) is 7.69. The van der Waals surface area contributed by atoms with Gasteiger partial charge in [0.1, 0.15) is 11.6 Å². The van der Waals surface area contributed by atoms with Gasteiger partial charge in [0.05, 0.1) is 0 Å². The summed E-state index contributed by atoms with van der Waals surface area (Å²) in [6.45, 7) is 5.30. The minimum Gasteiger partial charge on any atom is -0.480 e. The molecule has 17 heavy (non-hydrogen) atoms. The van der Waals surface area contributed by atoms with Crippen molar-refractivity contribution in [2.75, 3.05) is 7.05 Å². The zero-order chi connectivity index (χ0) is 13.2. The Labute approximate surface area is 100 Å². The molecule has 6 heteroatoms. The van der Waals surface area contributed by atoms with Gasteiger partial charge in [-0.1, -0.05) is 0 Å². The predicted octanol–water partition coefficient (Wildman–Crippen LogP) is 1.14. The van der Waals surface area contributed by atoms with Gasteiger partial charge >= 0.3 is 12.1 Å². The average Bonchev–Trinajstić information content (AvgIpc) is 2.42. The summed E-state index contributed by atoms with van der Waals surface area (Å²) in [6.07, 6.45) is 1.30. The molecule has 0 spiro atoms. The van der Waals surface area contributed by atoms with Crippen molar-refractivity contribution in [1.82, 2.24) is 10.2 Å². The highest BCUT2D eigenvalue weighted by atomic mass is 16.6. The molecule has 0 aromatic carbocycles. The second-order valence-electron chi connectivity index (χ2n) is 5.00. The number of carboxylic acids is 1. The highest BCUT2D eigenvalue weighted by Crippen LogP contribution is 2.18. The number of hydrogen-bond acceptors (Lipinski definition) is 4. The lowest BCUT2D eigenvalue weighted by Gasteiger charge is -2.19. The summed E-state index contributed by atoms with van der Waals surface area (Å²) < 4.78 is 5.07. The number of nitrogens with one attached hydrogen (secondary N) is 1. The van der Waals surface area contributed by atoms with Crippen molar-refractivity contribution in [3.63, 3.8) is 0 Å². The van der Waals surface area contributed by atoms with Gasteiger partial charge in [-0.05, 0) is 20.8 Å². The predicted molar refractivity (Wildman–Crippen MR) is 61.3 cm³/mol. The van der Waals surface area contributed by atoms with Gasteiger partial charge in [0.2, 0.25) is 0 Å². The van der Waals surface area contributed by atoms with Crippen LogP contribution in [0.3, 0.4) is 0 Å². The molecule has 1 aliphatic rings. The molecule has 1 aliphatic heterocycles. The molecular formula is C11H18N2O4. The van der Waals surface area contributed by atoms with E-state index < -0.39 is 23.7 Å². The first-order valence-corrected chi connectivity index (χ1v) is 5.34. The van der Waals surface area contributed by atoms with E-state index in [-0.39, 0.29) is 6.42 Å². The lowest BCUT2D eigenvalue weighted by molar-refractivity contribution is -0.141. The fraction of sp³-hybridized carbons (Fsp3) is 0.636. The number of carboxylic acid groups (broad SMARTS) is 1. The molecule has 0 aromatic heterocycles. The molecule has 0 aromatic rings. The van der Waals surface area contributed by atoms with Crippen molar-refractivity contribution in [1.29, 1.82) is 0 Å². The molecule has 0 saturated heterocycles. The van der Waals surface area contributed by atoms with E-state index in [1.807, 2.05) is 0 Å². The Morgan fingerprint density at radius 2 is 2.12 bits per heavy atom. The molecule has 1 heterocycles. The Hall–Kier alpha value is -1.72. The van der Waals surface area contributed by atoms with Crippen molar-refractivity contribution in [3.05, 3.63) is 11.9 Å². The lowest BCUT2D eigenvalue weighted by atomic mass is 10.2. The number of rotatable bonds is 2. The van der Waals surface area contributed by atoms with Crippen LogP contribution < -0.4 is 5.32 Å². The average molecular weight is 242 g/mol. The summed E-state index contributed by atoms with van der Waals surface area (Å²) in [5.74, 6) is -0.912. The molecule has 6 nitrogen and oxygen atoms in total. The van der Waals surface area contributed by atoms with Crippen molar-refractivity contribution in [3.8, 4) is 0 Å². The zero-order valence-electron chi connectivity index (χ0n) is 10.5. The van der Waals surface area contributed by atoms with Gasteiger partial charge in [-0.3, -0.25) is 5.32 Å². The molecule has 2 N–H and O–H groups in total. The maximum atomic E-state index is 11.5. The zero-order valence-corrected chi connectivity index (χ0v) is 10.5. The molecule has 1 atom stereocenters. The van der Waals surface area contributed by atoms with Crippen molar-refractivity contribution in [2.45, 2.75) is 38.8 Å². The van der Waals surface area contributed by atoms with Crippen LogP contribution in [0, 0.1) is 0 Å². The van der Waals surface area contributed by atoms with Crippen LogP contribution in [0.5, 0.6) is 0 Å². The topological polar surface area (TPSA) is 78.9 Å². The maximum Gasteiger partial charge on any atom is 0.411 e. The SMILES string of the molecule is CN1C=C(NC(=O)OC(C)(C)C)CC1C(=O)O. The largest absolute Gasteiger partial charge is 0.480 e. The van der Waals surface area contributed by atoms with E-state index in [9.17, 15) is 9.59 Å². The van der Waals surface area contributed by atoms with Gasteiger partial charge in [-0.2, -0.15) is 0 Å². The minimum atomic E-state index is -0.912. The summed E-state index contributed by atoms with van der Waals surface area (Å²) in [5.41, 5.74) is -0.0180. The molecule has 0 aliphatic carbocycles. The molecule has 1 unspecified atom stereocenters. The summed E-state index contributed by atoms with van der Waals surface area (Å²) in [7, 11) is 1.66. The van der Waals surface area contributed by atoms with E-state index in [2.05, 4.69) is 5.32 Å². The Morgan fingerprint density at radius 3 is 2.53 bits per heavy atom. The Balaban J connectivity index is 2.52. The summed E-state index contributed by atoms with van der Waals surface area (Å²) in [6, 6.07) is -0.625.